The van der Waals surface area contributed by atoms with Crippen LogP contribution in [0.3, 0.4) is 0 Å². The number of thioether (sulfide) groups is 1. The maximum Gasteiger partial charge on any atom is 0.130 e. The monoisotopic (exact) mass is 259 g/mol. The highest BCUT2D eigenvalue weighted by Gasteiger charge is 1.99. The second kappa shape index (κ2) is 5.87. The van der Waals surface area contributed by atoms with Crippen molar-refractivity contribution in [2.75, 3.05) is 11.6 Å². The molecule has 0 saturated carbocycles. The minimum atomic E-state index is 0.782. The maximum absolute atomic E-state index is 4.36. The third-order valence-electron chi connectivity index (χ3n) is 2.60. The summed E-state index contributed by atoms with van der Waals surface area (Å²) in [6, 6.07) is 10.5. The van der Waals surface area contributed by atoms with Crippen molar-refractivity contribution in [3.05, 3.63) is 47.4 Å². The number of nitrogens with zero attached hydrogens (tertiary/aromatic N) is 2. The average Bonchev–Trinajstić information content (AvgIpc) is 2.36. The fourth-order valence-corrected chi connectivity index (χ4v) is 2.15. The number of rotatable bonds is 4. The van der Waals surface area contributed by atoms with Gasteiger partial charge >= 0.3 is 0 Å². The number of anilines is 1. The van der Waals surface area contributed by atoms with Gasteiger partial charge in [0.2, 0.25) is 0 Å². The van der Waals surface area contributed by atoms with E-state index in [1.165, 1.54) is 10.5 Å². The third-order valence-corrected chi connectivity index (χ3v) is 3.34. The predicted molar refractivity (Wildman–Crippen MR) is 77.1 cm³/mol. The summed E-state index contributed by atoms with van der Waals surface area (Å²) >= 11 is 1.75. The van der Waals surface area contributed by atoms with Crippen molar-refractivity contribution in [3.63, 3.8) is 0 Å². The summed E-state index contributed by atoms with van der Waals surface area (Å²) in [5.74, 6) is 1.68. The van der Waals surface area contributed by atoms with Crippen LogP contribution in [0.4, 0.5) is 5.82 Å². The molecule has 1 N–H and O–H groups in total. The molecule has 1 aromatic carbocycles. The van der Waals surface area contributed by atoms with Gasteiger partial charge in [0.05, 0.1) is 0 Å². The molecule has 3 nitrogen and oxygen atoms in total. The van der Waals surface area contributed by atoms with E-state index in [1.807, 2.05) is 19.9 Å². The Balaban J connectivity index is 2.01. The number of aryl methyl sites for hydroxylation is 2. The zero-order valence-electron chi connectivity index (χ0n) is 10.9. The molecule has 94 valence electrons. The maximum atomic E-state index is 4.36. The van der Waals surface area contributed by atoms with Crippen molar-refractivity contribution in [2.24, 2.45) is 0 Å². The third kappa shape index (κ3) is 3.47. The Morgan fingerprint density at radius 3 is 2.44 bits per heavy atom. The van der Waals surface area contributed by atoms with Gasteiger partial charge in [0, 0.05) is 23.2 Å². The van der Waals surface area contributed by atoms with Gasteiger partial charge in [-0.1, -0.05) is 12.1 Å². The number of aromatic nitrogens is 2. The van der Waals surface area contributed by atoms with E-state index in [2.05, 4.69) is 45.8 Å². The van der Waals surface area contributed by atoms with Crippen LogP contribution in [0.1, 0.15) is 17.1 Å². The van der Waals surface area contributed by atoms with Gasteiger partial charge in [-0.15, -0.1) is 11.8 Å². The Hall–Kier alpha value is -1.55. The molecule has 1 aromatic heterocycles. The molecule has 4 heteroatoms. The summed E-state index contributed by atoms with van der Waals surface area (Å²) in [4.78, 5) is 9.90. The molecule has 2 rings (SSSR count). The van der Waals surface area contributed by atoms with Crippen LogP contribution in [0.2, 0.25) is 0 Å². The number of hydrogen-bond acceptors (Lipinski definition) is 4. The lowest BCUT2D eigenvalue weighted by Gasteiger charge is -2.07. The Bertz CT molecular complexity index is 503. The summed E-state index contributed by atoms with van der Waals surface area (Å²) in [7, 11) is 0. The molecule has 2 aromatic rings. The second-order valence-electron chi connectivity index (χ2n) is 4.14. The normalized spacial score (nSPS) is 10.4. The van der Waals surface area contributed by atoms with Gasteiger partial charge in [-0.2, -0.15) is 0 Å². The summed E-state index contributed by atoms with van der Waals surface area (Å²) in [6.07, 6.45) is 2.08. The van der Waals surface area contributed by atoms with Gasteiger partial charge in [0.25, 0.3) is 0 Å². The van der Waals surface area contributed by atoms with E-state index >= 15 is 0 Å². The van der Waals surface area contributed by atoms with Crippen molar-refractivity contribution in [3.8, 4) is 0 Å². The lowest BCUT2D eigenvalue weighted by atomic mass is 10.2. The van der Waals surface area contributed by atoms with E-state index in [-0.39, 0.29) is 0 Å². The summed E-state index contributed by atoms with van der Waals surface area (Å²) in [5.41, 5.74) is 2.24. The fourth-order valence-electron chi connectivity index (χ4n) is 1.74. The van der Waals surface area contributed by atoms with Gasteiger partial charge < -0.3 is 5.32 Å². The minimum absolute atomic E-state index is 0.782. The molecule has 0 saturated heterocycles. The van der Waals surface area contributed by atoms with Gasteiger partial charge in [0.15, 0.2) is 0 Å². The van der Waals surface area contributed by atoms with Crippen LogP contribution < -0.4 is 5.32 Å². The van der Waals surface area contributed by atoms with Gasteiger partial charge in [-0.25, -0.2) is 9.97 Å². The Kier molecular flexibility index (Phi) is 4.20. The van der Waals surface area contributed by atoms with E-state index in [1.54, 1.807) is 11.8 Å². The van der Waals surface area contributed by atoms with Crippen LogP contribution in [-0.4, -0.2) is 16.2 Å². The first-order chi connectivity index (χ1) is 8.67. The first kappa shape index (κ1) is 12.9. The number of hydrogen-bond donors (Lipinski definition) is 1. The van der Waals surface area contributed by atoms with Crippen molar-refractivity contribution < 1.29 is 0 Å². The van der Waals surface area contributed by atoms with Crippen LogP contribution in [0.15, 0.2) is 35.2 Å². The zero-order chi connectivity index (χ0) is 13.0. The highest BCUT2D eigenvalue weighted by molar-refractivity contribution is 7.98. The Labute approximate surface area is 112 Å². The van der Waals surface area contributed by atoms with E-state index in [0.717, 1.165) is 23.9 Å². The number of benzene rings is 1. The van der Waals surface area contributed by atoms with Crippen LogP contribution in [-0.2, 0) is 6.54 Å². The molecule has 0 radical (unpaired) electrons. The van der Waals surface area contributed by atoms with Crippen molar-refractivity contribution in [1.29, 1.82) is 0 Å². The smallest absolute Gasteiger partial charge is 0.130 e. The van der Waals surface area contributed by atoms with E-state index < -0.39 is 0 Å². The lowest BCUT2D eigenvalue weighted by molar-refractivity contribution is 0.991. The van der Waals surface area contributed by atoms with Crippen LogP contribution in [0, 0.1) is 13.8 Å². The standard InChI is InChI=1S/C14H17N3S/c1-10-8-14(17-11(2)16-10)15-9-12-4-6-13(18-3)7-5-12/h4-8H,9H2,1-3H3,(H,15,16,17). The molecule has 1 heterocycles. The van der Waals surface area contributed by atoms with Crippen molar-refractivity contribution >= 4 is 17.6 Å². The largest absolute Gasteiger partial charge is 0.366 e. The Morgan fingerprint density at radius 1 is 1.11 bits per heavy atom. The van der Waals surface area contributed by atoms with Crippen molar-refractivity contribution in [2.45, 2.75) is 25.3 Å². The highest BCUT2D eigenvalue weighted by atomic mass is 32.2. The summed E-state index contributed by atoms with van der Waals surface area (Å²) in [5, 5.41) is 3.32. The molecule has 0 spiro atoms. The van der Waals surface area contributed by atoms with E-state index in [9.17, 15) is 0 Å². The first-order valence-corrected chi connectivity index (χ1v) is 7.09. The molecule has 18 heavy (non-hydrogen) atoms. The van der Waals surface area contributed by atoms with Crippen molar-refractivity contribution in [1.82, 2.24) is 9.97 Å². The fraction of sp³-hybridized carbons (Fsp3) is 0.286. The van der Waals surface area contributed by atoms with Gasteiger partial charge in [0.1, 0.15) is 11.6 Å². The first-order valence-electron chi connectivity index (χ1n) is 5.86. The quantitative estimate of drug-likeness (QED) is 0.854. The molecule has 0 atom stereocenters. The van der Waals surface area contributed by atoms with E-state index in [4.69, 9.17) is 0 Å². The summed E-state index contributed by atoms with van der Waals surface area (Å²) in [6.45, 7) is 4.67. The summed E-state index contributed by atoms with van der Waals surface area (Å²) < 4.78 is 0. The SMILES string of the molecule is CSc1ccc(CNc2cc(C)nc(C)n2)cc1. The molecular weight excluding hydrogens is 242 g/mol. The Morgan fingerprint density at radius 2 is 1.83 bits per heavy atom. The molecule has 0 bridgehead atoms. The lowest BCUT2D eigenvalue weighted by Crippen LogP contribution is -2.03. The molecule has 0 aliphatic rings. The molecule has 0 unspecified atom stereocenters. The molecule has 0 fully saturated rings. The zero-order valence-corrected chi connectivity index (χ0v) is 11.7. The van der Waals surface area contributed by atoms with Crippen LogP contribution >= 0.6 is 11.8 Å². The van der Waals surface area contributed by atoms with Crippen LogP contribution in [0.5, 0.6) is 0 Å². The van der Waals surface area contributed by atoms with E-state index in [0.29, 0.717) is 0 Å². The average molecular weight is 259 g/mol. The molecule has 0 aliphatic carbocycles. The predicted octanol–water partition coefficient (Wildman–Crippen LogP) is 3.43. The molecular formula is C14H17N3S. The number of nitrogens with one attached hydrogen (secondary N) is 1. The van der Waals surface area contributed by atoms with Gasteiger partial charge in [-0.3, -0.25) is 0 Å². The van der Waals surface area contributed by atoms with Crippen LogP contribution in [0.25, 0.3) is 0 Å². The topological polar surface area (TPSA) is 37.8 Å². The molecule has 0 aliphatic heterocycles. The molecule has 0 amide bonds. The minimum Gasteiger partial charge on any atom is -0.366 e. The second-order valence-corrected chi connectivity index (χ2v) is 5.02. The highest BCUT2D eigenvalue weighted by Crippen LogP contribution is 2.15. The van der Waals surface area contributed by atoms with Gasteiger partial charge in [-0.05, 0) is 37.8 Å².